The van der Waals surface area contributed by atoms with Gasteiger partial charge in [0.25, 0.3) is 5.56 Å². The molecule has 2 aromatic heterocycles. The SMILES string of the molecule is CCOC(=O)C1=C(C)N=c2s/c(=C/c3cn(Cc4ccc(I)cc4)c4ccccc34)c(=O)n2[C@@H]1c1cccc2ccccc12. The number of allylic oxidation sites excluding steroid dienone is 1. The molecule has 1 aliphatic heterocycles. The Morgan fingerprint density at radius 2 is 1.70 bits per heavy atom. The van der Waals surface area contributed by atoms with Gasteiger partial charge in [-0.05, 0) is 82.6 Å². The predicted octanol–water partition coefficient (Wildman–Crippen LogP) is 6.56. The molecule has 1 aliphatic rings. The number of carbonyl (C=O) groups excluding carboxylic acids is 1. The van der Waals surface area contributed by atoms with Gasteiger partial charge < -0.3 is 9.30 Å². The quantitative estimate of drug-likeness (QED) is 0.146. The molecule has 0 N–H and O–H groups in total. The third-order valence-electron chi connectivity index (χ3n) is 8.01. The number of hydrogen-bond acceptors (Lipinski definition) is 5. The zero-order valence-corrected chi connectivity index (χ0v) is 27.1. The van der Waals surface area contributed by atoms with Crippen LogP contribution in [0.3, 0.4) is 0 Å². The van der Waals surface area contributed by atoms with Gasteiger partial charge >= 0.3 is 5.97 Å². The standard InChI is InChI=1S/C36H28IN3O3S/c1-3-43-35(42)32-22(2)38-36-40(33(32)29-13-8-10-24-9-4-5-11-27(24)29)34(41)31(44-36)19-25-21-39(30-14-7-6-12-28(25)30)20-23-15-17-26(37)18-16-23/h4-19,21,33H,3,20H2,1-2H3/b31-19+/t33-/m1/s1. The third-order valence-corrected chi connectivity index (χ3v) is 9.71. The fourth-order valence-corrected chi connectivity index (χ4v) is 7.42. The van der Waals surface area contributed by atoms with Crippen molar-refractivity contribution in [2.24, 2.45) is 4.99 Å². The van der Waals surface area contributed by atoms with E-state index in [9.17, 15) is 9.59 Å². The maximum atomic E-state index is 14.3. The zero-order chi connectivity index (χ0) is 30.4. The van der Waals surface area contributed by atoms with E-state index in [0.717, 1.165) is 39.3 Å². The van der Waals surface area contributed by atoms with Gasteiger partial charge in [-0.2, -0.15) is 0 Å². The van der Waals surface area contributed by atoms with Crippen molar-refractivity contribution in [1.82, 2.24) is 9.13 Å². The van der Waals surface area contributed by atoms with Crippen LogP contribution in [0.1, 0.15) is 36.6 Å². The van der Waals surface area contributed by atoms with E-state index >= 15 is 0 Å². The van der Waals surface area contributed by atoms with E-state index in [0.29, 0.717) is 20.6 Å². The van der Waals surface area contributed by atoms with Crippen LogP contribution in [0.4, 0.5) is 0 Å². The lowest BCUT2D eigenvalue weighted by Crippen LogP contribution is -2.40. The molecule has 0 unspecified atom stereocenters. The lowest BCUT2D eigenvalue weighted by Gasteiger charge is -2.25. The summed E-state index contributed by atoms with van der Waals surface area (Å²) < 4.78 is 11.1. The smallest absolute Gasteiger partial charge is 0.338 e. The minimum absolute atomic E-state index is 0.185. The molecule has 8 heteroatoms. The number of nitrogens with zero attached hydrogens (tertiary/aromatic N) is 3. The van der Waals surface area contributed by atoms with Crippen molar-refractivity contribution in [1.29, 1.82) is 0 Å². The highest BCUT2D eigenvalue weighted by Gasteiger charge is 2.34. The van der Waals surface area contributed by atoms with Gasteiger partial charge in [0.2, 0.25) is 0 Å². The van der Waals surface area contributed by atoms with E-state index in [1.54, 1.807) is 11.5 Å². The topological polar surface area (TPSA) is 65.6 Å². The fourth-order valence-electron chi connectivity index (χ4n) is 6.02. The molecule has 4 aromatic carbocycles. The summed E-state index contributed by atoms with van der Waals surface area (Å²) in [6.07, 6.45) is 4.07. The molecule has 1 atom stereocenters. The minimum Gasteiger partial charge on any atom is -0.463 e. The molecule has 0 fully saturated rings. The van der Waals surface area contributed by atoms with Crippen molar-refractivity contribution < 1.29 is 9.53 Å². The first-order chi connectivity index (χ1) is 21.4. The first-order valence-electron chi connectivity index (χ1n) is 14.4. The van der Waals surface area contributed by atoms with Crippen LogP contribution in [-0.4, -0.2) is 21.7 Å². The van der Waals surface area contributed by atoms with Crippen LogP contribution in [0, 0.1) is 3.57 Å². The van der Waals surface area contributed by atoms with Gasteiger partial charge in [0.05, 0.1) is 28.5 Å². The summed E-state index contributed by atoms with van der Waals surface area (Å²) in [5.74, 6) is -0.459. The summed E-state index contributed by atoms with van der Waals surface area (Å²) in [6.45, 7) is 4.55. The Bertz CT molecular complexity index is 2290. The van der Waals surface area contributed by atoms with E-state index in [4.69, 9.17) is 9.73 Å². The Morgan fingerprint density at radius 1 is 0.977 bits per heavy atom. The Kier molecular flexibility index (Phi) is 7.55. The Balaban J connectivity index is 1.42. The molecular weight excluding hydrogens is 681 g/mol. The van der Waals surface area contributed by atoms with E-state index in [-0.39, 0.29) is 12.2 Å². The van der Waals surface area contributed by atoms with Crippen molar-refractivity contribution in [2.75, 3.05) is 6.61 Å². The van der Waals surface area contributed by atoms with Gasteiger partial charge in [-0.1, -0.05) is 84.1 Å². The Hall–Kier alpha value is -4.28. The van der Waals surface area contributed by atoms with Gasteiger partial charge in [-0.3, -0.25) is 9.36 Å². The largest absolute Gasteiger partial charge is 0.463 e. The first kappa shape index (κ1) is 28.5. The number of esters is 1. The van der Waals surface area contributed by atoms with Crippen LogP contribution in [0.5, 0.6) is 0 Å². The second kappa shape index (κ2) is 11.7. The molecule has 6 aromatic rings. The van der Waals surface area contributed by atoms with Crippen molar-refractivity contribution in [3.63, 3.8) is 0 Å². The van der Waals surface area contributed by atoms with Crippen LogP contribution in [0.25, 0.3) is 27.8 Å². The monoisotopic (exact) mass is 709 g/mol. The fraction of sp³-hybridized carbons (Fsp3) is 0.139. The summed E-state index contributed by atoms with van der Waals surface area (Å²) in [5.41, 5.74) is 4.88. The zero-order valence-electron chi connectivity index (χ0n) is 24.2. The summed E-state index contributed by atoms with van der Waals surface area (Å²) in [7, 11) is 0. The number of ether oxygens (including phenoxy) is 1. The van der Waals surface area contributed by atoms with Crippen molar-refractivity contribution in [3.8, 4) is 0 Å². The Labute approximate surface area is 271 Å². The molecule has 0 amide bonds. The maximum Gasteiger partial charge on any atom is 0.338 e. The maximum absolute atomic E-state index is 14.3. The molecule has 6 nitrogen and oxygen atoms in total. The van der Waals surface area contributed by atoms with Gasteiger partial charge in [-0.15, -0.1) is 0 Å². The second-order valence-corrected chi connectivity index (χ2v) is 13.0. The number of fused-ring (bicyclic) bond motifs is 3. The van der Waals surface area contributed by atoms with Gasteiger partial charge in [-0.25, -0.2) is 9.79 Å². The summed E-state index contributed by atoms with van der Waals surface area (Å²) >= 11 is 3.66. The average molecular weight is 710 g/mol. The predicted molar refractivity (Wildman–Crippen MR) is 185 cm³/mol. The highest BCUT2D eigenvalue weighted by molar-refractivity contribution is 14.1. The number of thiazole rings is 1. The molecule has 0 saturated carbocycles. The minimum atomic E-state index is -0.666. The Morgan fingerprint density at radius 3 is 2.50 bits per heavy atom. The molecule has 0 aliphatic carbocycles. The van der Waals surface area contributed by atoms with Crippen molar-refractivity contribution in [3.05, 3.63) is 148 Å². The van der Waals surface area contributed by atoms with Crippen LogP contribution in [0.2, 0.25) is 0 Å². The number of aromatic nitrogens is 2. The van der Waals surface area contributed by atoms with Gasteiger partial charge in [0.15, 0.2) is 4.80 Å². The highest BCUT2D eigenvalue weighted by atomic mass is 127. The van der Waals surface area contributed by atoms with E-state index in [2.05, 4.69) is 69.8 Å². The summed E-state index contributed by atoms with van der Waals surface area (Å²) in [5, 5.41) is 3.08. The van der Waals surface area contributed by atoms with E-state index in [1.165, 1.54) is 20.5 Å². The van der Waals surface area contributed by atoms with Crippen LogP contribution in [-0.2, 0) is 16.1 Å². The van der Waals surface area contributed by atoms with Crippen LogP contribution < -0.4 is 14.9 Å². The molecule has 0 spiro atoms. The lowest BCUT2D eigenvalue weighted by atomic mass is 9.91. The van der Waals surface area contributed by atoms with Crippen LogP contribution in [0.15, 0.2) is 118 Å². The molecular formula is C36H28IN3O3S. The number of carbonyl (C=O) groups is 1. The molecule has 0 saturated heterocycles. The number of rotatable bonds is 6. The summed E-state index contributed by atoms with van der Waals surface area (Å²) in [4.78, 5) is 33.1. The van der Waals surface area contributed by atoms with Crippen molar-refractivity contribution >= 4 is 67.6 Å². The third kappa shape index (κ3) is 5.01. The first-order valence-corrected chi connectivity index (χ1v) is 16.3. The molecule has 7 rings (SSSR count). The molecule has 0 radical (unpaired) electrons. The van der Waals surface area contributed by atoms with E-state index < -0.39 is 12.0 Å². The van der Waals surface area contributed by atoms with Crippen LogP contribution >= 0.6 is 33.9 Å². The number of para-hydroxylation sites is 1. The highest BCUT2D eigenvalue weighted by Crippen LogP contribution is 2.35. The van der Waals surface area contributed by atoms with Gasteiger partial charge in [0.1, 0.15) is 0 Å². The second-order valence-electron chi connectivity index (χ2n) is 10.7. The normalized spacial score (nSPS) is 15.1. The number of halogens is 1. The van der Waals surface area contributed by atoms with Crippen molar-refractivity contribution in [2.45, 2.75) is 26.4 Å². The molecule has 0 bridgehead atoms. The number of hydrogen-bond donors (Lipinski definition) is 0. The number of benzene rings is 4. The average Bonchev–Trinajstić information content (AvgIpc) is 3.53. The summed E-state index contributed by atoms with van der Waals surface area (Å²) in [6, 6.07) is 30.1. The molecule has 3 heterocycles. The molecule has 44 heavy (non-hydrogen) atoms. The van der Waals surface area contributed by atoms with Gasteiger partial charge in [0, 0.05) is 32.8 Å². The lowest BCUT2D eigenvalue weighted by molar-refractivity contribution is -0.139. The van der Waals surface area contributed by atoms with E-state index in [1.807, 2.05) is 67.6 Å². The molecule has 218 valence electrons.